The molecule has 114 heavy (non-hydrogen) atoms. The first-order chi connectivity index (χ1) is 55.1. The van der Waals surface area contributed by atoms with E-state index in [1.165, 1.54) is 24.8 Å². The summed E-state index contributed by atoms with van der Waals surface area (Å²) in [5, 5.41) is 81.9. The summed E-state index contributed by atoms with van der Waals surface area (Å²) in [6.07, 6.45) is 14.2. The van der Waals surface area contributed by atoms with Gasteiger partial charge >= 0.3 is 23.9 Å². The highest BCUT2D eigenvalue weighted by molar-refractivity contribution is 5.97. The van der Waals surface area contributed by atoms with Crippen molar-refractivity contribution < 1.29 is 39.6 Å². The smallest absolute Gasteiger partial charge is 0.341 e. The number of benzene rings is 4. The fraction of sp³-hybridized carbons (Fsp3) is 0.463. The number of piperazine rings is 4. The number of aromatic carboxylic acids is 4. The maximum absolute atomic E-state index is 13.5. The Kier molecular flexibility index (Phi) is 19.9. The van der Waals surface area contributed by atoms with Crippen LogP contribution in [0, 0.1) is 21.6 Å². The van der Waals surface area contributed by atoms with Gasteiger partial charge in [-0.15, -0.1) is 0 Å². The molecule has 5 saturated heterocycles. The van der Waals surface area contributed by atoms with Crippen molar-refractivity contribution >= 4 is 114 Å². The number of pyridine rings is 4. The summed E-state index contributed by atoms with van der Waals surface area (Å²) in [6, 6.07) is 22.9. The van der Waals surface area contributed by atoms with E-state index in [-0.39, 0.29) is 46.4 Å². The van der Waals surface area contributed by atoms with E-state index in [4.69, 9.17) is 0 Å². The van der Waals surface area contributed by atoms with E-state index in [0.29, 0.717) is 237 Å². The molecule has 8 N–H and O–H groups in total. The molecule has 0 atom stereocenters. The molecule has 4 aliphatic carbocycles. The number of aromatic nitrogens is 4. The molecule has 4 aromatic heterocycles. The van der Waals surface area contributed by atoms with Crippen molar-refractivity contribution in [3.8, 4) is 0 Å². The number of carboxylic acid groups (broad SMARTS) is 4. The van der Waals surface area contributed by atoms with E-state index in [1.807, 2.05) is 66.8 Å². The summed E-state index contributed by atoms with van der Waals surface area (Å²) in [7, 11) is 0. The number of carbonyl (C=O) groups is 4. The van der Waals surface area contributed by atoms with Crippen molar-refractivity contribution in [3.05, 3.63) is 161 Å². The zero-order valence-electron chi connectivity index (χ0n) is 63.8. The Morgan fingerprint density at radius 3 is 0.614 bits per heavy atom. The van der Waals surface area contributed by atoms with Crippen LogP contribution in [-0.4, -0.2) is 283 Å². The third kappa shape index (κ3) is 14.7. The Morgan fingerprint density at radius 1 is 0.263 bits per heavy atom. The first-order valence-corrected chi connectivity index (χ1v) is 40.1. The van der Waals surface area contributed by atoms with Crippen LogP contribution in [0.25, 0.3) is 43.6 Å². The van der Waals surface area contributed by atoms with Crippen molar-refractivity contribution in [1.29, 1.82) is 21.6 Å². The highest BCUT2D eigenvalue weighted by atomic mass is 16.4. The number of fused-ring (bicyclic) bond motifs is 4. The number of nitrogens with zero attached hydrogens (tertiary/aromatic N) is 16. The lowest BCUT2D eigenvalue weighted by atomic mass is 10.1. The second-order valence-corrected chi connectivity index (χ2v) is 31.9. The molecule has 596 valence electrons. The predicted molar refractivity (Wildman–Crippen MR) is 435 cm³/mol. The maximum atomic E-state index is 13.5. The highest BCUT2D eigenvalue weighted by Crippen LogP contribution is 2.42. The number of rotatable bonds is 12. The summed E-state index contributed by atoms with van der Waals surface area (Å²) in [5.74, 6) is -3.61. The molecule has 5 aliphatic heterocycles. The zero-order chi connectivity index (χ0) is 79.1. The second kappa shape index (κ2) is 30.4. The number of hydrogen-bond donors (Lipinski definition) is 8. The van der Waals surface area contributed by atoms with Gasteiger partial charge in [0.2, 0.25) is 21.7 Å². The van der Waals surface area contributed by atoms with Crippen molar-refractivity contribution in [2.75, 3.05) is 177 Å². The van der Waals surface area contributed by atoms with Gasteiger partial charge in [-0.25, -0.2) is 19.2 Å². The lowest BCUT2D eigenvalue weighted by Gasteiger charge is -2.44. The molecule has 32 heteroatoms. The van der Waals surface area contributed by atoms with Crippen LogP contribution in [0.5, 0.6) is 0 Å². The van der Waals surface area contributed by atoms with Crippen LogP contribution >= 0.6 is 0 Å². The molecule has 0 radical (unpaired) electrons. The van der Waals surface area contributed by atoms with Crippen molar-refractivity contribution in [1.82, 2.24) is 57.5 Å². The van der Waals surface area contributed by atoms with Crippen molar-refractivity contribution in [3.63, 3.8) is 0 Å². The molecule has 0 bridgehead atoms. The highest BCUT2D eigenvalue weighted by Gasteiger charge is 2.36. The maximum Gasteiger partial charge on any atom is 0.341 e. The molecular formula is C82H96N20O12. The minimum atomic E-state index is -1.25. The molecule has 4 saturated carbocycles. The first kappa shape index (κ1) is 74.6. The molecule has 4 aromatic carbocycles. The average Bonchev–Trinajstić information content (AvgIpc) is 1.76. The van der Waals surface area contributed by atoms with Gasteiger partial charge in [0, 0.05) is 250 Å². The van der Waals surface area contributed by atoms with E-state index >= 15 is 0 Å². The minimum Gasteiger partial charge on any atom is -0.477 e. The van der Waals surface area contributed by atoms with Crippen LogP contribution < -0.4 is 41.3 Å². The van der Waals surface area contributed by atoms with Crippen LogP contribution in [0.1, 0.15) is 130 Å². The zero-order valence-corrected chi connectivity index (χ0v) is 63.8. The van der Waals surface area contributed by atoms with Crippen LogP contribution in [0.15, 0.2) is 117 Å². The largest absolute Gasteiger partial charge is 0.477 e. The van der Waals surface area contributed by atoms with E-state index in [1.54, 1.807) is 24.3 Å². The van der Waals surface area contributed by atoms with Gasteiger partial charge in [-0.05, 0) is 137 Å². The Hall–Kier alpha value is -12.1. The summed E-state index contributed by atoms with van der Waals surface area (Å²) in [6.45, 7) is 12.0. The summed E-state index contributed by atoms with van der Waals surface area (Å²) < 4.78 is 7.75. The topological polar surface area (TPSA) is 371 Å². The van der Waals surface area contributed by atoms with Crippen LogP contribution in [0.4, 0.5) is 22.7 Å². The monoisotopic (exact) mass is 1550 g/mol. The molecule has 8 aromatic rings. The van der Waals surface area contributed by atoms with Crippen molar-refractivity contribution in [2.45, 2.75) is 88.4 Å². The Labute approximate surface area is 655 Å². The van der Waals surface area contributed by atoms with Gasteiger partial charge in [-0.3, -0.25) is 40.8 Å². The van der Waals surface area contributed by atoms with Crippen molar-refractivity contribution in [2.24, 2.45) is 0 Å². The SMILES string of the molecule is N=C(N1CCCN(C(=N)N2CCN(c3ccc4c(=O)c(C(=O)O)cn(C5CC5)c4c3)CC2)CCN(C(=N)N2CCN(c3ccc4c(=O)c(C(=O)O)cn(C5CC5)c4c3)CC2)CCCN(C(=N)N2CCN(c3ccc4c(=O)c(C(=O)O)cn(C5CC5)c4c3)CC2)CC1)N1CCN(c2ccc3c(=O)c(C(=O)O)cn(C4CC4)c3c2)CC1. The van der Waals surface area contributed by atoms with E-state index in [0.717, 1.165) is 74.1 Å². The fourth-order valence-electron chi connectivity index (χ4n) is 17.6. The standard InChI is InChI=1S/C82H96N20O12/c83-79(95-31-23-87(24-32-95)55-11-15-59-67(43-55)99(51-3-4-51)47-63(71(59)103)75(107)108)91-19-1-20-92(80(84)96-33-25-88(26-34-96)56-12-16-60-68(44-56)100(52-5-6-52)48-64(72(60)104)76(109)110)40-42-94(82(86)98-37-29-90(30-38-98)58-14-18-62-70(46-58)102(54-9-10-54)50-66(74(62)106)78(113)114)22-2-21-93(41-39-91)81(85)97-35-27-89(28-36-97)57-13-17-61-69(45-57)101(53-7-8-53)49-65(73(61)105)77(111)112/h11-18,43-54,83-86H,1-10,19-42H2,(H,107,108)(H,109,110)(H,111,112)(H,113,114). The third-order valence-corrected chi connectivity index (χ3v) is 24.7. The normalized spacial score (nSPS) is 19.3. The average molecular weight is 1550 g/mol. The number of carboxylic acids is 4. The lowest BCUT2D eigenvalue weighted by molar-refractivity contribution is 0.0684. The van der Waals surface area contributed by atoms with Gasteiger partial charge in [0.05, 0.1) is 22.1 Å². The first-order valence-electron chi connectivity index (χ1n) is 40.1. The minimum absolute atomic E-state index is 0.116. The quantitative estimate of drug-likeness (QED) is 0.0484. The van der Waals surface area contributed by atoms with Gasteiger partial charge in [-0.2, -0.15) is 0 Å². The molecule has 9 fully saturated rings. The van der Waals surface area contributed by atoms with Gasteiger partial charge in [0.15, 0.2) is 23.8 Å². The van der Waals surface area contributed by atoms with Gasteiger partial charge < -0.3 is 97.5 Å². The summed E-state index contributed by atoms with van der Waals surface area (Å²) in [5.41, 5.74) is 3.38. The van der Waals surface area contributed by atoms with Gasteiger partial charge in [-0.1, -0.05) is 0 Å². The molecule has 0 amide bonds. The Balaban J connectivity index is 0.634. The summed E-state index contributed by atoms with van der Waals surface area (Å²) in [4.78, 5) is 129. The lowest BCUT2D eigenvalue weighted by Crippen LogP contribution is -2.58. The van der Waals surface area contributed by atoms with E-state index < -0.39 is 45.6 Å². The molecule has 0 unspecified atom stereocenters. The number of nitrogens with one attached hydrogen (secondary N) is 4. The van der Waals surface area contributed by atoms with E-state index in [9.17, 15) is 80.4 Å². The third-order valence-electron chi connectivity index (χ3n) is 24.7. The van der Waals surface area contributed by atoms with E-state index in [2.05, 4.69) is 58.8 Å². The molecular weight excluding hydrogens is 1460 g/mol. The molecule has 9 heterocycles. The van der Waals surface area contributed by atoms with Crippen LogP contribution in [0.3, 0.4) is 0 Å². The number of guanidine groups is 4. The fourth-order valence-corrected chi connectivity index (χ4v) is 17.6. The number of hydrogen-bond acceptors (Lipinski definition) is 16. The van der Waals surface area contributed by atoms with Crippen LogP contribution in [0.2, 0.25) is 0 Å². The van der Waals surface area contributed by atoms with Gasteiger partial charge in [0.1, 0.15) is 22.3 Å². The van der Waals surface area contributed by atoms with Crippen LogP contribution in [-0.2, 0) is 0 Å². The predicted octanol–water partition coefficient (Wildman–Crippen LogP) is 6.41. The second-order valence-electron chi connectivity index (χ2n) is 31.9. The Morgan fingerprint density at radius 2 is 0.439 bits per heavy atom. The molecule has 0 spiro atoms. The summed E-state index contributed by atoms with van der Waals surface area (Å²) >= 11 is 0. The number of anilines is 4. The Bertz CT molecular complexity index is 4840. The molecule has 17 rings (SSSR count). The molecule has 32 nitrogen and oxygen atoms in total. The molecule has 9 aliphatic rings. The van der Waals surface area contributed by atoms with Gasteiger partial charge in [0.25, 0.3) is 0 Å².